The summed E-state index contributed by atoms with van der Waals surface area (Å²) >= 11 is 0. The number of unbranched alkanes of at least 4 members (excludes halogenated alkanes) is 3. The predicted molar refractivity (Wildman–Crippen MR) is 138 cm³/mol. The highest BCUT2D eigenvalue weighted by molar-refractivity contribution is 6.05. The van der Waals surface area contributed by atoms with Crippen LogP contribution in [0.15, 0.2) is 58.4 Å². The van der Waals surface area contributed by atoms with Crippen LogP contribution >= 0.6 is 0 Å². The number of aryl methyl sites for hydroxylation is 2. The van der Waals surface area contributed by atoms with Crippen molar-refractivity contribution in [2.24, 2.45) is 5.10 Å². The molecule has 5 aromatic rings. The molecule has 0 amide bonds. The molecule has 0 aliphatic carbocycles. The Balaban J connectivity index is 1.75. The van der Waals surface area contributed by atoms with Crippen LogP contribution < -0.4 is 5.56 Å². The van der Waals surface area contributed by atoms with Gasteiger partial charge >= 0.3 is 0 Å². The summed E-state index contributed by atoms with van der Waals surface area (Å²) in [6.45, 7) is 6.75. The van der Waals surface area contributed by atoms with E-state index >= 15 is 0 Å². The molecule has 5 rings (SSSR count). The molecule has 3 heterocycles. The Bertz CT molecular complexity index is 1590. The normalized spacial score (nSPS) is 12.0. The average Bonchev–Trinajstić information content (AvgIpc) is 3.12. The van der Waals surface area contributed by atoms with Crippen molar-refractivity contribution < 1.29 is 0 Å². The molecule has 7 heteroatoms. The largest absolute Gasteiger partial charge is 0.296 e. The van der Waals surface area contributed by atoms with Gasteiger partial charge in [0.15, 0.2) is 11.3 Å². The van der Waals surface area contributed by atoms with Gasteiger partial charge in [0.1, 0.15) is 16.7 Å². The van der Waals surface area contributed by atoms with Gasteiger partial charge in [0.2, 0.25) is 0 Å². The summed E-state index contributed by atoms with van der Waals surface area (Å²) in [5.74, 6) is 0.674. The molecule has 7 nitrogen and oxygen atoms in total. The third-order valence-corrected chi connectivity index (χ3v) is 6.13. The van der Waals surface area contributed by atoms with Crippen LogP contribution in [0.2, 0.25) is 0 Å². The molecule has 2 aromatic carbocycles. The first-order valence-corrected chi connectivity index (χ1v) is 11.9. The fraction of sp³-hybridized carbons (Fsp3) is 0.296. The van der Waals surface area contributed by atoms with E-state index in [2.05, 4.69) is 13.0 Å². The van der Waals surface area contributed by atoms with E-state index in [0.29, 0.717) is 34.6 Å². The molecule has 172 valence electrons. The molecule has 0 saturated heterocycles. The molecule has 0 saturated carbocycles. The van der Waals surface area contributed by atoms with Gasteiger partial charge in [-0.2, -0.15) is 9.78 Å². The molecule has 0 spiro atoms. The Morgan fingerprint density at radius 1 is 0.912 bits per heavy atom. The van der Waals surface area contributed by atoms with E-state index in [1.165, 1.54) is 0 Å². The molecule has 34 heavy (non-hydrogen) atoms. The van der Waals surface area contributed by atoms with E-state index in [4.69, 9.17) is 20.1 Å². The van der Waals surface area contributed by atoms with Crippen LogP contribution in [0, 0.1) is 13.8 Å². The molecule has 0 aliphatic heterocycles. The summed E-state index contributed by atoms with van der Waals surface area (Å²) < 4.78 is 3.42. The lowest BCUT2D eigenvalue weighted by atomic mass is 10.2. The standard InChI is InChI=1S/C27H28N6O/c1-4-5-6-9-15-32-19(3)29-25-23(27(32)34)24-26(31-22-14-8-7-13-21(22)30-24)33(25)28-17-20-12-10-11-18(2)16-20/h7-8,10-14,16-17H,4-6,9,15H2,1-3H3. The predicted octanol–water partition coefficient (Wildman–Crippen LogP) is 5.37. The van der Waals surface area contributed by atoms with Crippen LogP contribution in [0.1, 0.15) is 49.6 Å². The summed E-state index contributed by atoms with van der Waals surface area (Å²) in [7, 11) is 0. The molecule has 0 radical (unpaired) electrons. The van der Waals surface area contributed by atoms with E-state index < -0.39 is 0 Å². The van der Waals surface area contributed by atoms with Crippen molar-refractivity contribution >= 4 is 39.4 Å². The summed E-state index contributed by atoms with van der Waals surface area (Å²) in [6.07, 6.45) is 6.12. The third-order valence-electron chi connectivity index (χ3n) is 6.13. The second kappa shape index (κ2) is 9.17. The van der Waals surface area contributed by atoms with Crippen molar-refractivity contribution in [2.45, 2.75) is 53.0 Å². The first-order chi connectivity index (χ1) is 16.6. The summed E-state index contributed by atoms with van der Waals surface area (Å²) in [4.78, 5) is 28.2. The number of para-hydroxylation sites is 2. The van der Waals surface area contributed by atoms with Gasteiger partial charge in [0.05, 0.1) is 17.2 Å². The average molecular weight is 453 g/mol. The van der Waals surface area contributed by atoms with Crippen molar-refractivity contribution in [3.63, 3.8) is 0 Å². The Morgan fingerprint density at radius 2 is 1.71 bits per heavy atom. The Hall–Kier alpha value is -3.87. The SMILES string of the molecule is CCCCCCn1c(C)nc2c(c1=O)c1nc3ccccc3nc1n2N=Cc1cccc(C)c1. The van der Waals surface area contributed by atoms with Gasteiger partial charge in [-0.1, -0.05) is 68.1 Å². The quantitative estimate of drug-likeness (QED) is 0.246. The van der Waals surface area contributed by atoms with Gasteiger partial charge in [0.25, 0.3) is 5.56 Å². The lowest BCUT2D eigenvalue weighted by Crippen LogP contribution is -2.24. The van der Waals surface area contributed by atoms with Gasteiger partial charge in [0, 0.05) is 6.54 Å². The van der Waals surface area contributed by atoms with Crippen molar-refractivity contribution in [3.05, 3.63) is 75.8 Å². The first-order valence-electron chi connectivity index (χ1n) is 11.9. The van der Waals surface area contributed by atoms with Crippen LogP contribution in [-0.4, -0.2) is 30.4 Å². The number of hydrogen-bond donors (Lipinski definition) is 0. The van der Waals surface area contributed by atoms with Crippen molar-refractivity contribution in [1.29, 1.82) is 0 Å². The van der Waals surface area contributed by atoms with E-state index in [9.17, 15) is 4.79 Å². The van der Waals surface area contributed by atoms with E-state index in [1.807, 2.05) is 56.3 Å². The molecular weight excluding hydrogens is 424 g/mol. The van der Waals surface area contributed by atoms with Crippen LogP contribution in [0.4, 0.5) is 0 Å². The van der Waals surface area contributed by atoms with Gasteiger partial charge in [-0.15, -0.1) is 0 Å². The molecular formula is C27H28N6O. The molecule has 0 unspecified atom stereocenters. The molecule has 0 N–H and O–H groups in total. The minimum absolute atomic E-state index is 0.0851. The van der Waals surface area contributed by atoms with Gasteiger partial charge in [-0.3, -0.25) is 9.36 Å². The third kappa shape index (κ3) is 3.98. The molecule has 0 aliphatic rings. The zero-order valence-corrected chi connectivity index (χ0v) is 19.8. The summed E-state index contributed by atoms with van der Waals surface area (Å²) in [5.41, 5.74) is 5.08. The minimum atomic E-state index is -0.0851. The Morgan fingerprint density at radius 3 is 2.47 bits per heavy atom. The van der Waals surface area contributed by atoms with Crippen LogP contribution in [0.25, 0.3) is 33.2 Å². The van der Waals surface area contributed by atoms with E-state index in [-0.39, 0.29) is 5.56 Å². The van der Waals surface area contributed by atoms with Gasteiger partial charge in [-0.25, -0.2) is 15.0 Å². The van der Waals surface area contributed by atoms with Crippen LogP contribution in [-0.2, 0) is 6.54 Å². The second-order valence-corrected chi connectivity index (χ2v) is 8.73. The second-order valence-electron chi connectivity index (χ2n) is 8.73. The van der Waals surface area contributed by atoms with Crippen LogP contribution in [0.5, 0.6) is 0 Å². The fourth-order valence-corrected chi connectivity index (χ4v) is 4.36. The number of rotatable bonds is 7. The van der Waals surface area contributed by atoms with E-state index in [1.54, 1.807) is 15.5 Å². The number of aromatic nitrogens is 5. The minimum Gasteiger partial charge on any atom is -0.296 e. The lowest BCUT2D eigenvalue weighted by Gasteiger charge is -2.09. The number of nitrogens with zero attached hydrogens (tertiary/aromatic N) is 6. The zero-order chi connectivity index (χ0) is 23.7. The van der Waals surface area contributed by atoms with Gasteiger partial charge in [-0.05, 0) is 38.0 Å². The maximum Gasteiger partial charge on any atom is 0.265 e. The van der Waals surface area contributed by atoms with E-state index in [0.717, 1.165) is 47.8 Å². The number of hydrogen-bond acceptors (Lipinski definition) is 5. The topological polar surface area (TPSA) is 78.0 Å². The van der Waals surface area contributed by atoms with Crippen molar-refractivity contribution in [1.82, 2.24) is 24.2 Å². The van der Waals surface area contributed by atoms with Gasteiger partial charge < -0.3 is 0 Å². The summed E-state index contributed by atoms with van der Waals surface area (Å²) in [5, 5.41) is 5.19. The Kier molecular flexibility index (Phi) is 5.92. The fourth-order valence-electron chi connectivity index (χ4n) is 4.36. The molecule has 0 bridgehead atoms. The van der Waals surface area contributed by atoms with Crippen molar-refractivity contribution in [2.75, 3.05) is 0 Å². The highest BCUT2D eigenvalue weighted by Crippen LogP contribution is 2.25. The smallest absolute Gasteiger partial charge is 0.265 e. The molecule has 0 fully saturated rings. The monoisotopic (exact) mass is 452 g/mol. The number of fused-ring (bicyclic) bond motifs is 4. The summed E-state index contributed by atoms with van der Waals surface area (Å²) in [6, 6.07) is 15.8. The highest BCUT2D eigenvalue weighted by Gasteiger charge is 2.21. The Labute approximate surface area is 197 Å². The maximum absolute atomic E-state index is 13.7. The molecule has 3 aromatic heterocycles. The first kappa shape index (κ1) is 21.9. The zero-order valence-electron chi connectivity index (χ0n) is 19.8. The van der Waals surface area contributed by atoms with Crippen LogP contribution in [0.3, 0.4) is 0 Å². The van der Waals surface area contributed by atoms with Crippen molar-refractivity contribution in [3.8, 4) is 0 Å². The maximum atomic E-state index is 13.7. The highest BCUT2D eigenvalue weighted by atomic mass is 16.1. The molecule has 0 atom stereocenters. The lowest BCUT2D eigenvalue weighted by molar-refractivity contribution is 0.556. The number of benzene rings is 2.